The minimum absolute atomic E-state index is 0.102. The Morgan fingerprint density at radius 1 is 0.650 bits per heavy atom. The molecule has 24 nitrogen and oxygen atoms in total. The number of aliphatic carboxylic acids is 1. The first-order valence-corrected chi connectivity index (χ1v) is 19.7. The first-order valence-electron chi connectivity index (χ1n) is 19.7. The van der Waals surface area contributed by atoms with Crippen LogP contribution in [-0.4, -0.2) is 144 Å². The highest BCUT2D eigenvalue weighted by Gasteiger charge is 2.36. The summed E-state index contributed by atoms with van der Waals surface area (Å²) >= 11 is 0. The molecule has 0 aromatic rings. The highest BCUT2D eigenvalue weighted by Crippen LogP contribution is 2.18. The molecule has 16 N–H and O–H groups in total. The summed E-state index contributed by atoms with van der Waals surface area (Å²) in [6.07, 6.45) is 0.915. The van der Waals surface area contributed by atoms with Gasteiger partial charge in [-0.15, -0.1) is 0 Å². The van der Waals surface area contributed by atoms with Crippen molar-refractivity contribution >= 4 is 65.0 Å². The molecule has 0 unspecified atom stereocenters. The Kier molecular flexibility index (Phi) is 23.4. The lowest BCUT2D eigenvalue weighted by Crippen LogP contribution is -2.57. The summed E-state index contributed by atoms with van der Waals surface area (Å²) in [5.41, 5.74) is 21.2. The van der Waals surface area contributed by atoms with Crippen LogP contribution in [0.5, 0.6) is 0 Å². The molecule has 60 heavy (non-hydrogen) atoms. The van der Waals surface area contributed by atoms with E-state index in [0.717, 1.165) is 0 Å². The molecule has 0 aromatic heterocycles. The van der Waals surface area contributed by atoms with E-state index in [-0.39, 0.29) is 51.0 Å². The van der Waals surface area contributed by atoms with Crippen LogP contribution in [0.4, 0.5) is 0 Å². The second-order valence-electron chi connectivity index (χ2n) is 14.7. The van der Waals surface area contributed by atoms with Crippen LogP contribution in [0.2, 0.25) is 0 Å². The second kappa shape index (κ2) is 27.0. The topological polar surface area (TPSA) is 400 Å². The van der Waals surface area contributed by atoms with Gasteiger partial charge in [0.25, 0.3) is 0 Å². The van der Waals surface area contributed by atoms with Gasteiger partial charge >= 0.3 is 5.97 Å². The van der Waals surface area contributed by atoms with Crippen molar-refractivity contribution in [1.82, 2.24) is 42.1 Å². The van der Waals surface area contributed by atoms with Crippen LogP contribution in [0, 0.1) is 5.92 Å². The van der Waals surface area contributed by atoms with Crippen molar-refractivity contribution in [3.8, 4) is 0 Å². The largest absolute Gasteiger partial charge is 0.480 e. The Labute approximate surface area is 347 Å². The van der Waals surface area contributed by atoms with Crippen molar-refractivity contribution < 1.29 is 57.8 Å². The summed E-state index contributed by atoms with van der Waals surface area (Å²) in [4.78, 5) is 139. The first-order chi connectivity index (χ1) is 28.2. The summed E-state index contributed by atoms with van der Waals surface area (Å²) in [6.45, 7) is 3.75. The summed E-state index contributed by atoms with van der Waals surface area (Å²) in [5.74, 6) is -9.08. The quantitative estimate of drug-likeness (QED) is 0.0327. The third-order valence-corrected chi connectivity index (χ3v) is 9.21. The van der Waals surface area contributed by atoms with E-state index in [2.05, 4.69) is 37.2 Å². The zero-order chi connectivity index (χ0) is 45.5. The van der Waals surface area contributed by atoms with Gasteiger partial charge in [-0.2, -0.15) is 0 Å². The summed E-state index contributed by atoms with van der Waals surface area (Å²) in [5, 5.41) is 26.4. The molecule has 1 heterocycles. The molecule has 338 valence electrons. The standard InChI is InChI=1S/C36H62N12O12/c1-19(2)15-24(45-29(52)17-41-32(55)21(9-11-26(39)49)46-33(56)22(10-12-27(40)50)44-28(51)16-38)34(57)43-20(3)31(54)42-18-30(53)48-14-6-8-25(48)35(58)47-23(36(59)60)7-4-5-13-37/h19-25H,4-18,37-38H2,1-3H3,(H2,39,49)(H2,40,50)(H,41,55)(H,42,54)(H,43,57)(H,44,51)(H,45,52)(H,46,56)(H,47,58)(H,59,60)/t20-,21-,22-,23-,24-,25-/m0/s1. The molecule has 0 aliphatic carbocycles. The number of unbranched alkanes of at least 4 members (excludes halogenated alkanes) is 1. The third kappa shape index (κ3) is 19.7. The van der Waals surface area contributed by atoms with Gasteiger partial charge in [0, 0.05) is 19.4 Å². The highest BCUT2D eigenvalue weighted by molar-refractivity contribution is 5.97. The van der Waals surface area contributed by atoms with E-state index in [9.17, 15) is 57.8 Å². The van der Waals surface area contributed by atoms with Gasteiger partial charge in [-0.1, -0.05) is 13.8 Å². The molecule has 0 bridgehead atoms. The number of nitrogens with one attached hydrogen (secondary N) is 7. The zero-order valence-electron chi connectivity index (χ0n) is 34.3. The van der Waals surface area contributed by atoms with Crippen LogP contribution in [0.3, 0.4) is 0 Å². The van der Waals surface area contributed by atoms with Crippen molar-refractivity contribution in [3.63, 3.8) is 0 Å². The molecule has 1 aliphatic heterocycles. The van der Waals surface area contributed by atoms with E-state index in [1.54, 1.807) is 13.8 Å². The van der Waals surface area contributed by atoms with Gasteiger partial charge in [0.15, 0.2) is 0 Å². The lowest BCUT2D eigenvalue weighted by molar-refractivity contribution is -0.144. The van der Waals surface area contributed by atoms with Crippen molar-refractivity contribution in [2.24, 2.45) is 28.9 Å². The Balaban J connectivity index is 2.86. The number of nitrogens with zero attached hydrogens (tertiary/aromatic N) is 1. The number of carbonyl (C=O) groups is 11. The van der Waals surface area contributed by atoms with Gasteiger partial charge in [0.2, 0.25) is 59.1 Å². The zero-order valence-corrected chi connectivity index (χ0v) is 34.3. The number of likely N-dealkylation sites (tertiary alicyclic amines) is 1. The molecule has 0 radical (unpaired) electrons. The Morgan fingerprint density at radius 3 is 1.77 bits per heavy atom. The van der Waals surface area contributed by atoms with Crippen LogP contribution in [-0.2, 0) is 52.7 Å². The fourth-order valence-corrected chi connectivity index (χ4v) is 6.03. The summed E-state index contributed by atoms with van der Waals surface area (Å²) in [7, 11) is 0. The fraction of sp³-hybridized carbons (Fsp3) is 0.694. The second-order valence-corrected chi connectivity index (χ2v) is 14.7. The fourth-order valence-electron chi connectivity index (χ4n) is 6.03. The number of carbonyl (C=O) groups excluding carboxylic acids is 10. The maximum absolute atomic E-state index is 13.3. The van der Waals surface area contributed by atoms with E-state index >= 15 is 0 Å². The Bertz CT molecular complexity index is 1560. The molecular weight excluding hydrogens is 792 g/mol. The SMILES string of the molecule is CC(C)C[C@H](NC(=O)CNC(=O)[C@H](CCC(N)=O)NC(=O)[C@H](CCC(N)=O)NC(=O)CN)C(=O)N[C@@H](C)C(=O)NCC(=O)N1CCC[C@H]1C(=O)N[C@@H](CCCCN)C(=O)O. The minimum atomic E-state index is -1.43. The number of carboxylic acids is 1. The smallest absolute Gasteiger partial charge is 0.326 e. The van der Waals surface area contributed by atoms with Crippen molar-refractivity contribution in [2.75, 3.05) is 32.7 Å². The number of primary amides is 2. The summed E-state index contributed by atoms with van der Waals surface area (Å²) in [6, 6.07) is -7.23. The molecule has 0 aromatic carbocycles. The number of carboxylic acid groups (broad SMARTS) is 1. The van der Waals surface area contributed by atoms with Crippen LogP contribution in [0.25, 0.3) is 0 Å². The van der Waals surface area contributed by atoms with Gasteiger partial charge in [0.1, 0.15) is 36.3 Å². The van der Waals surface area contributed by atoms with Crippen LogP contribution in [0.1, 0.15) is 85.0 Å². The van der Waals surface area contributed by atoms with E-state index in [0.29, 0.717) is 32.2 Å². The lowest BCUT2D eigenvalue weighted by Gasteiger charge is -2.26. The molecular formula is C36H62N12O12. The Morgan fingerprint density at radius 2 is 1.22 bits per heavy atom. The van der Waals surface area contributed by atoms with Gasteiger partial charge in [-0.25, -0.2) is 4.79 Å². The average molecular weight is 855 g/mol. The van der Waals surface area contributed by atoms with E-state index in [4.69, 9.17) is 22.9 Å². The van der Waals surface area contributed by atoms with Crippen molar-refractivity contribution in [3.05, 3.63) is 0 Å². The monoisotopic (exact) mass is 854 g/mol. The normalized spacial score (nSPS) is 15.9. The molecule has 10 amide bonds. The maximum atomic E-state index is 13.3. The number of amides is 10. The maximum Gasteiger partial charge on any atom is 0.326 e. The predicted molar refractivity (Wildman–Crippen MR) is 212 cm³/mol. The van der Waals surface area contributed by atoms with Gasteiger partial charge < -0.3 is 70.2 Å². The molecule has 24 heteroatoms. The van der Waals surface area contributed by atoms with Crippen LogP contribution >= 0.6 is 0 Å². The number of hydrogen-bond acceptors (Lipinski definition) is 13. The van der Waals surface area contributed by atoms with E-state index < -0.39 is 121 Å². The number of hydrogen-bond donors (Lipinski definition) is 12. The molecule has 6 atom stereocenters. The molecule has 1 saturated heterocycles. The van der Waals surface area contributed by atoms with Crippen molar-refractivity contribution in [1.29, 1.82) is 0 Å². The van der Waals surface area contributed by atoms with Gasteiger partial charge in [0.05, 0.1) is 19.6 Å². The molecule has 1 aliphatic rings. The molecule has 1 fully saturated rings. The number of rotatable bonds is 28. The van der Waals surface area contributed by atoms with Gasteiger partial charge in [-0.05, 0) is 70.8 Å². The van der Waals surface area contributed by atoms with Crippen molar-refractivity contribution in [2.45, 2.75) is 121 Å². The predicted octanol–water partition coefficient (Wildman–Crippen LogP) is -5.60. The van der Waals surface area contributed by atoms with Gasteiger partial charge in [-0.3, -0.25) is 47.9 Å². The van der Waals surface area contributed by atoms with Crippen LogP contribution < -0.4 is 60.2 Å². The molecule has 0 saturated carbocycles. The van der Waals surface area contributed by atoms with E-state index in [1.165, 1.54) is 11.8 Å². The minimum Gasteiger partial charge on any atom is -0.480 e. The Hall–Kier alpha value is -5.91. The first kappa shape index (κ1) is 52.1. The average Bonchev–Trinajstić information content (AvgIpc) is 3.68. The van der Waals surface area contributed by atoms with Crippen LogP contribution in [0.15, 0.2) is 0 Å². The molecule has 0 spiro atoms. The molecule has 1 rings (SSSR count). The third-order valence-electron chi connectivity index (χ3n) is 9.21. The summed E-state index contributed by atoms with van der Waals surface area (Å²) < 4.78 is 0. The number of nitrogens with two attached hydrogens (primary N) is 4. The lowest BCUT2D eigenvalue weighted by atomic mass is 10.0. The van der Waals surface area contributed by atoms with E-state index in [1.807, 2.05) is 0 Å². The highest BCUT2D eigenvalue weighted by atomic mass is 16.4.